The van der Waals surface area contributed by atoms with Gasteiger partial charge in [-0.15, -0.1) is 0 Å². The van der Waals surface area contributed by atoms with Crippen molar-refractivity contribution in [3.63, 3.8) is 0 Å². The van der Waals surface area contributed by atoms with Gasteiger partial charge in [-0.05, 0) is 19.8 Å². The number of nitrogens with zero attached hydrogens (tertiary/aromatic N) is 2. The van der Waals surface area contributed by atoms with Crippen LogP contribution in [0.5, 0.6) is 0 Å². The molecule has 6 heteroatoms. The maximum absolute atomic E-state index is 11.4. The van der Waals surface area contributed by atoms with Crippen LogP contribution < -0.4 is 16.8 Å². The summed E-state index contributed by atoms with van der Waals surface area (Å²) >= 11 is 0. The third-order valence-electron chi connectivity index (χ3n) is 2.23. The lowest BCUT2D eigenvalue weighted by atomic mass is 10.2. The number of rotatable bonds is 5. The zero-order valence-electron chi connectivity index (χ0n) is 9.27. The first kappa shape index (κ1) is 12.4. The first-order valence-electron chi connectivity index (χ1n) is 5.16. The number of hydrazine groups is 1. The summed E-state index contributed by atoms with van der Waals surface area (Å²) in [7, 11) is 0. The Morgan fingerprint density at radius 2 is 2.31 bits per heavy atom. The van der Waals surface area contributed by atoms with Gasteiger partial charge in [-0.2, -0.15) is 0 Å². The van der Waals surface area contributed by atoms with Gasteiger partial charge in [0, 0.05) is 24.7 Å². The number of hydrogen-bond acceptors (Lipinski definition) is 4. The average Bonchev–Trinajstić information content (AvgIpc) is 2.26. The largest absolute Gasteiger partial charge is 0.299 e. The fraction of sp³-hybridized carbons (Fsp3) is 0.500. The molecule has 1 amide bonds. The van der Waals surface area contributed by atoms with Gasteiger partial charge in [0.2, 0.25) is 5.91 Å². The Hall–Kier alpha value is -1.69. The van der Waals surface area contributed by atoms with Crippen LogP contribution in [-0.4, -0.2) is 15.5 Å². The van der Waals surface area contributed by atoms with Gasteiger partial charge in [0.25, 0.3) is 5.56 Å². The van der Waals surface area contributed by atoms with Crippen molar-refractivity contribution in [2.24, 2.45) is 5.84 Å². The number of amides is 1. The molecule has 0 unspecified atom stereocenters. The highest BCUT2D eigenvalue weighted by Gasteiger charge is 2.00. The Morgan fingerprint density at radius 3 is 2.94 bits per heavy atom. The van der Waals surface area contributed by atoms with E-state index >= 15 is 0 Å². The molecule has 0 aliphatic heterocycles. The van der Waals surface area contributed by atoms with E-state index in [9.17, 15) is 9.59 Å². The van der Waals surface area contributed by atoms with Crippen molar-refractivity contribution < 1.29 is 4.79 Å². The first-order valence-corrected chi connectivity index (χ1v) is 5.16. The van der Waals surface area contributed by atoms with E-state index in [1.807, 2.05) is 0 Å². The standard InChI is InChI=1S/C10H16N4O2/c1-8-6-10(16)14(7-12-8)5-3-2-4-9(15)13-11/h6-7H,2-5,11H2,1H3,(H,13,15). The molecule has 88 valence electrons. The smallest absolute Gasteiger partial charge is 0.253 e. The Balaban J connectivity index is 2.38. The molecule has 0 aliphatic carbocycles. The lowest BCUT2D eigenvalue weighted by molar-refractivity contribution is -0.121. The number of aryl methyl sites for hydroxylation is 2. The van der Waals surface area contributed by atoms with E-state index in [1.165, 1.54) is 17.0 Å². The molecule has 0 spiro atoms. The normalized spacial score (nSPS) is 10.1. The Labute approximate surface area is 93.5 Å². The van der Waals surface area contributed by atoms with Crippen LogP contribution in [0.3, 0.4) is 0 Å². The molecule has 0 radical (unpaired) electrons. The predicted molar refractivity (Wildman–Crippen MR) is 59.4 cm³/mol. The van der Waals surface area contributed by atoms with Gasteiger partial charge in [0.1, 0.15) is 0 Å². The van der Waals surface area contributed by atoms with Gasteiger partial charge in [-0.3, -0.25) is 19.6 Å². The van der Waals surface area contributed by atoms with Crippen molar-refractivity contribution in [1.82, 2.24) is 15.0 Å². The van der Waals surface area contributed by atoms with Gasteiger partial charge in [-0.25, -0.2) is 10.8 Å². The molecular formula is C10H16N4O2. The highest BCUT2D eigenvalue weighted by Crippen LogP contribution is 1.97. The monoisotopic (exact) mass is 224 g/mol. The number of hydrogen-bond donors (Lipinski definition) is 2. The van der Waals surface area contributed by atoms with Crippen molar-refractivity contribution >= 4 is 5.91 Å². The lowest BCUT2D eigenvalue weighted by Gasteiger charge is -2.04. The van der Waals surface area contributed by atoms with Crippen LogP contribution in [0.15, 0.2) is 17.2 Å². The molecular weight excluding hydrogens is 208 g/mol. The van der Waals surface area contributed by atoms with E-state index in [0.717, 1.165) is 6.42 Å². The first-order chi connectivity index (χ1) is 7.63. The Bertz CT molecular complexity index is 414. The third kappa shape index (κ3) is 3.82. The van der Waals surface area contributed by atoms with Gasteiger partial charge in [-0.1, -0.05) is 0 Å². The Kier molecular flexibility index (Phi) is 4.65. The molecule has 0 fully saturated rings. The van der Waals surface area contributed by atoms with Gasteiger partial charge in [0.05, 0.1) is 6.33 Å². The molecule has 0 saturated carbocycles. The van der Waals surface area contributed by atoms with E-state index in [4.69, 9.17) is 5.84 Å². The summed E-state index contributed by atoms with van der Waals surface area (Å²) in [4.78, 5) is 26.3. The van der Waals surface area contributed by atoms with E-state index in [-0.39, 0.29) is 11.5 Å². The fourth-order valence-electron chi connectivity index (χ4n) is 1.32. The summed E-state index contributed by atoms with van der Waals surface area (Å²) in [5, 5.41) is 0. The van der Waals surface area contributed by atoms with Gasteiger partial charge >= 0.3 is 0 Å². The molecule has 1 heterocycles. The minimum absolute atomic E-state index is 0.0595. The molecule has 0 aliphatic rings. The van der Waals surface area contributed by atoms with E-state index in [0.29, 0.717) is 25.1 Å². The number of unbranched alkanes of at least 4 members (excludes halogenated alkanes) is 1. The summed E-state index contributed by atoms with van der Waals surface area (Å²) < 4.78 is 1.54. The zero-order chi connectivity index (χ0) is 12.0. The minimum atomic E-state index is -0.186. The maximum atomic E-state index is 11.4. The molecule has 1 aromatic heterocycles. The fourth-order valence-corrected chi connectivity index (χ4v) is 1.32. The van der Waals surface area contributed by atoms with Gasteiger partial charge in [0.15, 0.2) is 0 Å². The lowest BCUT2D eigenvalue weighted by Crippen LogP contribution is -2.29. The van der Waals surface area contributed by atoms with E-state index < -0.39 is 0 Å². The highest BCUT2D eigenvalue weighted by atomic mass is 16.2. The van der Waals surface area contributed by atoms with Crippen molar-refractivity contribution in [2.75, 3.05) is 0 Å². The van der Waals surface area contributed by atoms with Crippen LogP contribution in [-0.2, 0) is 11.3 Å². The SMILES string of the molecule is Cc1cc(=O)n(CCCCC(=O)NN)cn1. The van der Waals surface area contributed by atoms with Crippen LogP contribution in [0.1, 0.15) is 25.0 Å². The number of aromatic nitrogens is 2. The minimum Gasteiger partial charge on any atom is -0.299 e. The second kappa shape index (κ2) is 6.02. The zero-order valence-corrected chi connectivity index (χ0v) is 9.27. The number of carbonyl (C=O) groups is 1. The molecule has 1 rings (SSSR count). The van der Waals surface area contributed by atoms with Crippen LogP contribution >= 0.6 is 0 Å². The summed E-state index contributed by atoms with van der Waals surface area (Å²) in [5.41, 5.74) is 2.72. The van der Waals surface area contributed by atoms with Crippen molar-refractivity contribution in [3.05, 3.63) is 28.4 Å². The summed E-state index contributed by atoms with van der Waals surface area (Å²) in [6.07, 6.45) is 3.35. The van der Waals surface area contributed by atoms with E-state index in [1.54, 1.807) is 6.92 Å². The molecule has 0 saturated heterocycles. The molecule has 0 aromatic carbocycles. The Morgan fingerprint density at radius 1 is 1.56 bits per heavy atom. The van der Waals surface area contributed by atoms with E-state index in [2.05, 4.69) is 10.4 Å². The predicted octanol–water partition coefficient (Wildman–Crippen LogP) is -0.288. The topological polar surface area (TPSA) is 90.0 Å². The van der Waals surface area contributed by atoms with Crippen LogP contribution in [0.25, 0.3) is 0 Å². The average molecular weight is 224 g/mol. The molecule has 0 atom stereocenters. The quantitative estimate of drug-likeness (QED) is 0.311. The van der Waals surface area contributed by atoms with Gasteiger partial charge < -0.3 is 0 Å². The van der Waals surface area contributed by atoms with Crippen LogP contribution in [0.2, 0.25) is 0 Å². The third-order valence-corrected chi connectivity index (χ3v) is 2.23. The van der Waals surface area contributed by atoms with Crippen molar-refractivity contribution in [3.8, 4) is 0 Å². The van der Waals surface area contributed by atoms with Crippen LogP contribution in [0.4, 0.5) is 0 Å². The number of nitrogens with one attached hydrogen (secondary N) is 1. The van der Waals surface area contributed by atoms with Crippen LogP contribution in [0, 0.1) is 6.92 Å². The molecule has 16 heavy (non-hydrogen) atoms. The molecule has 3 N–H and O–H groups in total. The summed E-state index contributed by atoms with van der Waals surface area (Å²) in [6.45, 7) is 2.35. The second-order valence-electron chi connectivity index (χ2n) is 3.59. The summed E-state index contributed by atoms with van der Waals surface area (Å²) in [6, 6.07) is 1.49. The summed E-state index contributed by atoms with van der Waals surface area (Å²) in [5.74, 6) is 4.76. The molecule has 0 bridgehead atoms. The maximum Gasteiger partial charge on any atom is 0.253 e. The van der Waals surface area contributed by atoms with Crippen molar-refractivity contribution in [1.29, 1.82) is 0 Å². The van der Waals surface area contributed by atoms with Crippen molar-refractivity contribution in [2.45, 2.75) is 32.7 Å². The number of nitrogens with two attached hydrogens (primary N) is 1. The molecule has 6 nitrogen and oxygen atoms in total. The molecule has 1 aromatic rings. The number of carbonyl (C=O) groups excluding carboxylic acids is 1. The highest BCUT2D eigenvalue weighted by molar-refractivity contribution is 5.74. The second-order valence-corrected chi connectivity index (χ2v) is 3.59.